The molecule has 1 amide bonds. The number of piperazine rings is 1. The van der Waals surface area contributed by atoms with Crippen molar-refractivity contribution in [2.24, 2.45) is 12.5 Å². The second-order valence-electron chi connectivity index (χ2n) is 8.35. The molecule has 4 heterocycles. The van der Waals surface area contributed by atoms with Crippen LogP contribution in [0.3, 0.4) is 0 Å². The molecule has 8 nitrogen and oxygen atoms in total. The lowest BCUT2D eigenvalue weighted by atomic mass is 9.94. The van der Waals surface area contributed by atoms with E-state index >= 15 is 0 Å². The molecule has 0 unspecified atom stereocenters. The van der Waals surface area contributed by atoms with Crippen molar-refractivity contribution in [3.05, 3.63) is 24.2 Å². The SMILES string of the molecule is Cn1cc(-c2ncc(C#N)c(N3C[C@@H]4C[C@H]3CN4C(=O)C(C)(C)C)n2)cn1. The Balaban J connectivity index is 1.62. The summed E-state index contributed by atoms with van der Waals surface area (Å²) in [5.41, 5.74) is 0.899. The maximum absolute atomic E-state index is 12.7. The van der Waals surface area contributed by atoms with E-state index in [0.29, 0.717) is 30.3 Å². The van der Waals surface area contributed by atoms with Crippen molar-refractivity contribution in [2.45, 2.75) is 39.3 Å². The van der Waals surface area contributed by atoms with Gasteiger partial charge in [0.25, 0.3) is 0 Å². The van der Waals surface area contributed by atoms with Crippen molar-refractivity contribution >= 4 is 11.7 Å². The number of anilines is 1. The smallest absolute Gasteiger partial charge is 0.228 e. The fourth-order valence-electron chi connectivity index (χ4n) is 3.95. The van der Waals surface area contributed by atoms with Crippen LogP contribution in [0.2, 0.25) is 0 Å². The first-order chi connectivity index (χ1) is 12.8. The lowest BCUT2D eigenvalue weighted by molar-refractivity contribution is -0.140. The van der Waals surface area contributed by atoms with Gasteiger partial charge in [-0.15, -0.1) is 0 Å². The van der Waals surface area contributed by atoms with Gasteiger partial charge in [0.1, 0.15) is 11.6 Å². The van der Waals surface area contributed by atoms with Crippen LogP contribution in [-0.2, 0) is 11.8 Å². The number of aromatic nitrogens is 4. The predicted octanol–water partition coefficient (Wildman–Crippen LogP) is 1.58. The molecule has 2 fully saturated rings. The van der Waals surface area contributed by atoms with Crippen molar-refractivity contribution in [1.29, 1.82) is 5.26 Å². The fourth-order valence-corrected chi connectivity index (χ4v) is 3.95. The third-order valence-corrected chi connectivity index (χ3v) is 5.27. The Labute approximate surface area is 158 Å². The Morgan fingerprint density at radius 1 is 1.26 bits per heavy atom. The summed E-state index contributed by atoms with van der Waals surface area (Å²) in [6, 6.07) is 2.56. The molecular weight excluding hydrogens is 342 g/mol. The molecule has 2 aliphatic heterocycles. The van der Waals surface area contributed by atoms with Crippen LogP contribution in [0, 0.1) is 16.7 Å². The number of fused-ring (bicyclic) bond motifs is 2. The summed E-state index contributed by atoms with van der Waals surface area (Å²) in [4.78, 5) is 25.9. The zero-order chi connectivity index (χ0) is 19.3. The molecule has 27 heavy (non-hydrogen) atoms. The molecule has 0 aliphatic carbocycles. The van der Waals surface area contributed by atoms with Crippen LogP contribution in [-0.4, -0.2) is 55.7 Å². The molecule has 2 aliphatic rings. The van der Waals surface area contributed by atoms with E-state index < -0.39 is 0 Å². The molecule has 0 spiro atoms. The van der Waals surface area contributed by atoms with Gasteiger partial charge in [-0.25, -0.2) is 9.97 Å². The predicted molar refractivity (Wildman–Crippen MR) is 99.7 cm³/mol. The molecule has 0 N–H and O–H groups in total. The average molecular weight is 365 g/mol. The van der Waals surface area contributed by atoms with Crippen LogP contribution in [0.4, 0.5) is 5.82 Å². The highest BCUT2D eigenvalue weighted by Crippen LogP contribution is 2.37. The van der Waals surface area contributed by atoms with E-state index in [1.165, 1.54) is 0 Å². The number of hydrogen-bond donors (Lipinski definition) is 0. The van der Waals surface area contributed by atoms with Crippen molar-refractivity contribution in [1.82, 2.24) is 24.6 Å². The van der Waals surface area contributed by atoms with Gasteiger partial charge in [0.15, 0.2) is 11.6 Å². The lowest BCUT2D eigenvalue weighted by Gasteiger charge is -2.38. The molecule has 2 atom stereocenters. The van der Waals surface area contributed by atoms with E-state index in [1.54, 1.807) is 17.1 Å². The minimum Gasteiger partial charge on any atom is -0.348 e. The number of nitrogens with zero attached hydrogens (tertiary/aromatic N) is 7. The molecule has 0 saturated carbocycles. The van der Waals surface area contributed by atoms with Gasteiger partial charge in [-0.2, -0.15) is 10.4 Å². The first-order valence-electron chi connectivity index (χ1n) is 9.12. The van der Waals surface area contributed by atoms with Crippen LogP contribution in [0.1, 0.15) is 32.8 Å². The standard InChI is InChI=1S/C19H23N7O/c1-19(2,3)18(27)26-11-14-5-15(26)10-25(14)17-12(6-20)7-21-16(23-17)13-8-22-24(4)9-13/h7-9,14-15H,5,10-11H2,1-4H3/t14-,15-/m0/s1. The van der Waals surface area contributed by atoms with E-state index in [2.05, 4.69) is 26.0 Å². The number of nitriles is 1. The summed E-state index contributed by atoms with van der Waals surface area (Å²) in [5, 5.41) is 13.7. The van der Waals surface area contributed by atoms with Gasteiger partial charge in [0, 0.05) is 31.7 Å². The molecule has 8 heteroatoms. The number of carbonyl (C=O) groups is 1. The van der Waals surface area contributed by atoms with Crippen molar-refractivity contribution < 1.29 is 4.79 Å². The minimum absolute atomic E-state index is 0.171. The summed E-state index contributed by atoms with van der Waals surface area (Å²) in [7, 11) is 1.84. The van der Waals surface area contributed by atoms with Crippen LogP contribution in [0.15, 0.2) is 18.6 Å². The number of amides is 1. The Hall–Kier alpha value is -2.95. The maximum atomic E-state index is 12.7. The molecule has 0 radical (unpaired) electrons. The normalized spacial score (nSPS) is 21.6. The van der Waals surface area contributed by atoms with Crippen molar-refractivity contribution in [3.8, 4) is 17.5 Å². The van der Waals surface area contributed by atoms with Gasteiger partial charge in [-0.05, 0) is 6.42 Å². The number of hydrogen-bond acceptors (Lipinski definition) is 6. The molecule has 2 bridgehead atoms. The van der Waals surface area contributed by atoms with Crippen LogP contribution >= 0.6 is 0 Å². The Kier molecular flexibility index (Phi) is 3.91. The first kappa shape index (κ1) is 17.5. The maximum Gasteiger partial charge on any atom is 0.228 e. The number of likely N-dealkylation sites (tertiary alicyclic amines) is 1. The summed E-state index contributed by atoms with van der Waals surface area (Å²) in [6.07, 6.45) is 6.06. The average Bonchev–Trinajstić information content (AvgIpc) is 3.34. The van der Waals surface area contributed by atoms with Gasteiger partial charge in [0.05, 0.1) is 30.0 Å². The molecular formula is C19H23N7O. The highest BCUT2D eigenvalue weighted by molar-refractivity contribution is 5.82. The van der Waals surface area contributed by atoms with Gasteiger partial charge in [0.2, 0.25) is 5.91 Å². The van der Waals surface area contributed by atoms with Crippen molar-refractivity contribution in [3.63, 3.8) is 0 Å². The van der Waals surface area contributed by atoms with Crippen LogP contribution < -0.4 is 4.90 Å². The van der Waals surface area contributed by atoms with Crippen LogP contribution in [0.5, 0.6) is 0 Å². The zero-order valence-corrected chi connectivity index (χ0v) is 16.0. The van der Waals surface area contributed by atoms with Gasteiger partial charge < -0.3 is 9.80 Å². The summed E-state index contributed by atoms with van der Waals surface area (Å²) in [6.45, 7) is 7.24. The molecule has 2 aromatic heterocycles. The number of rotatable bonds is 2. The minimum atomic E-state index is -0.379. The van der Waals surface area contributed by atoms with Crippen molar-refractivity contribution in [2.75, 3.05) is 18.0 Å². The van der Waals surface area contributed by atoms with Gasteiger partial charge >= 0.3 is 0 Å². The summed E-state index contributed by atoms with van der Waals surface area (Å²) in [5.74, 6) is 1.40. The van der Waals surface area contributed by atoms with Gasteiger partial charge in [-0.3, -0.25) is 9.48 Å². The molecule has 140 valence electrons. The second-order valence-corrected chi connectivity index (χ2v) is 8.35. The van der Waals surface area contributed by atoms with Gasteiger partial charge in [-0.1, -0.05) is 20.8 Å². The topological polar surface area (TPSA) is 90.9 Å². The summed E-state index contributed by atoms with van der Waals surface area (Å²) < 4.78 is 1.70. The Morgan fingerprint density at radius 3 is 2.59 bits per heavy atom. The zero-order valence-electron chi connectivity index (χ0n) is 16.0. The van der Waals surface area contributed by atoms with Crippen LogP contribution in [0.25, 0.3) is 11.4 Å². The molecule has 0 aromatic carbocycles. The largest absolute Gasteiger partial charge is 0.348 e. The highest BCUT2D eigenvalue weighted by Gasteiger charge is 2.48. The molecule has 4 rings (SSSR count). The summed E-state index contributed by atoms with van der Waals surface area (Å²) >= 11 is 0. The fraction of sp³-hybridized carbons (Fsp3) is 0.526. The lowest BCUT2D eigenvalue weighted by Crippen LogP contribution is -2.52. The third-order valence-electron chi connectivity index (χ3n) is 5.27. The Bertz CT molecular complexity index is 936. The highest BCUT2D eigenvalue weighted by atomic mass is 16.2. The monoisotopic (exact) mass is 365 g/mol. The van der Waals surface area contributed by atoms with E-state index in [1.807, 2.05) is 38.9 Å². The molecule has 2 saturated heterocycles. The number of aryl methyl sites for hydroxylation is 1. The van der Waals surface area contributed by atoms with E-state index in [9.17, 15) is 10.1 Å². The van der Waals surface area contributed by atoms with E-state index in [-0.39, 0.29) is 23.4 Å². The van der Waals surface area contributed by atoms with E-state index in [4.69, 9.17) is 0 Å². The Morgan fingerprint density at radius 2 is 2.04 bits per heavy atom. The second kappa shape index (κ2) is 6.05. The third kappa shape index (κ3) is 2.93. The molecule has 2 aromatic rings. The quantitative estimate of drug-likeness (QED) is 0.803. The van der Waals surface area contributed by atoms with E-state index in [0.717, 1.165) is 12.0 Å². The first-order valence-corrected chi connectivity index (χ1v) is 9.12. The number of carbonyl (C=O) groups excluding carboxylic acids is 1.